The SMILES string of the molecule is COc1cc(C)c(S(=O)(=O)NCC(=O)Nc2ccc(C)c(Cl)c2)cc1C. The van der Waals surface area contributed by atoms with Crippen molar-refractivity contribution >= 4 is 33.2 Å². The summed E-state index contributed by atoms with van der Waals surface area (Å²) in [5, 5.41) is 3.13. The van der Waals surface area contributed by atoms with Crippen LogP contribution >= 0.6 is 11.6 Å². The van der Waals surface area contributed by atoms with E-state index in [1.165, 1.54) is 13.2 Å². The molecule has 8 heteroatoms. The van der Waals surface area contributed by atoms with E-state index in [0.717, 1.165) is 5.56 Å². The summed E-state index contributed by atoms with van der Waals surface area (Å²) in [6, 6.07) is 8.25. The molecular weight excluding hydrogens is 376 g/mol. The van der Waals surface area contributed by atoms with Gasteiger partial charge in [0, 0.05) is 10.7 Å². The van der Waals surface area contributed by atoms with Crippen LogP contribution in [-0.2, 0) is 14.8 Å². The standard InChI is InChI=1S/C18H21ClN2O4S/c1-11-5-6-14(9-15(11)19)21-18(22)10-20-26(23,24)17-8-12(2)16(25-4)7-13(17)3/h5-9,20H,10H2,1-4H3,(H,21,22). The maximum Gasteiger partial charge on any atom is 0.241 e. The first-order chi connectivity index (χ1) is 12.1. The normalized spacial score (nSPS) is 11.3. The summed E-state index contributed by atoms with van der Waals surface area (Å²) in [5.74, 6) is 0.117. The first kappa shape index (κ1) is 20.2. The Morgan fingerprint density at radius 2 is 1.77 bits per heavy atom. The summed E-state index contributed by atoms with van der Waals surface area (Å²) < 4.78 is 32.5. The number of carbonyl (C=O) groups excluding carboxylic acids is 1. The van der Waals surface area contributed by atoms with E-state index in [0.29, 0.717) is 27.6 Å². The zero-order chi connectivity index (χ0) is 19.5. The largest absolute Gasteiger partial charge is 0.496 e. The number of ether oxygens (including phenoxy) is 1. The van der Waals surface area contributed by atoms with Crippen molar-refractivity contribution in [2.45, 2.75) is 25.7 Å². The Kier molecular flexibility index (Phi) is 6.28. The molecule has 0 fully saturated rings. The van der Waals surface area contributed by atoms with E-state index in [-0.39, 0.29) is 4.90 Å². The van der Waals surface area contributed by atoms with Crippen molar-refractivity contribution < 1.29 is 17.9 Å². The van der Waals surface area contributed by atoms with Crippen molar-refractivity contribution in [3.05, 3.63) is 52.0 Å². The van der Waals surface area contributed by atoms with Crippen LogP contribution in [0.1, 0.15) is 16.7 Å². The van der Waals surface area contributed by atoms with Crippen LogP contribution in [-0.4, -0.2) is 28.0 Å². The van der Waals surface area contributed by atoms with Crippen LogP contribution in [0, 0.1) is 20.8 Å². The molecule has 0 aliphatic carbocycles. The van der Waals surface area contributed by atoms with Crippen LogP contribution in [0.2, 0.25) is 5.02 Å². The van der Waals surface area contributed by atoms with Gasteiger partial charge in [0.1, 0.15) is 5.75 Å². The fourth-order valence-corrected chi connectivity index (χ4v) is 3.86. The van der Waals surface area contributed by atoms with Crippen LogP contribution in [0.15, 0.2) is 35.2 Å². The summed E-state index contributed by atoms with van der Waals surface area (Å²) in [7, 11) is -2.31. The number of hydrogen-bond acceptors (Lipinski definition) is 4. The highest BCUT2D eigenvalue weighted by Crippen LogP contribution is 2.25. The predicted molar refractivity (Wildman–Crippen MR) is 102 cm³/mol. The first-order valence-electron chi connectivity index (χ1n) is 7.85. The van der Waals surface area contributed by atoms with Gasteiger partial charge in [-0.25, -0.2) is 13.1 Å². The Balaban J connectivity index is 2.09. The second-order valence-corrected chi connectivity index (χ2v) is 8.07. The fourth-order valence-electron chi connectivity index (χ4n) is 2.39. The minimum Gasteiger partial charge on any atom is -0.496 e. The van der Waals surface area contributed by atoms with Gasteiger partial charge in [-0.3, -0.25) is 4.79 Å². The zero-order valence-electron chi connectivity index (χ0n) is 15.0. The number of nitrogens with one attached hydrogen (secondary N) is 2. The molecule has 0 unspecified atom stereocenters. The van der Waals surface area contributed by atoms with E-state index in [4.69, 9.17) is 16.3 Å². The fraction of sp³-hybridized carbons (Fsp3) is 0.278. The van der Waals surface area contributed by atoms with Crippen LogP contribution < -0.4 is 14.8 Å². The molecule has 0 heterocycles. The molecule has 0 saturated carbocycles. The van der Waals surface area contributed by atoms with Gasteiger partial charge in [-0.1, -0.05) is 17.7 Å². The van der Waals surface area contributed by atoms with Crippen LogP contribution in [0.5, 0.6) is 5.75 Å². The van der Waals surface area contributed by atoms with E-state index in [1.807, 2.05) is 6.92 Å². The lowest BCUT2D eigenvalue weighted by atomic mass is 10.1. The lowest BCUT2D eigenvalue weighted by Crippen LogP contribution is -2.33. The number of halogens is 1. The first-order valence-corrected chi connectivity index (χ1v) is 9.71. The summed E-state index contributed by atoms with van der Waals surface area (Å²) in [5.41, 5.74) is 2.61. The van der Waals surface area contributed by atoms with E-state index >= 15 is 0 Å². The van der Waals surface area contributed by atoms with E-state index in [1.54, 1.807) is 38.1 Å². The molecule has 0 aliphatic rings. The monoisotopic (exact) mass is 396 g/mol. The molecule has 2 rings (SSSR count). The van der Waals surface area contributed by atoms with Gasteiger partial charge in [-0.15, -0.1) is 0 Å². The Morgan fingerprint density at radius 1 is 1.08 bits per heavy atom. The quantitative estimate of drug-likeness (QED) is 0.785. The third-order valence-corrected chi connectivity index (χ3v) is 5.81. The average Bonchev–Trinajstić information content (AvgIpc) is 2.58. The maximum atomic E-state index is 12.5. The van der Waals surface area contributed by atoms with Gasteiger partial charge in [0.2, 0.25) is 15.9 Å². The van der Waals surface area contributed by atoms with Gasteiger partial charge in [0.05, 0.1) is 18.6 Å². The number of rotatable bonds is 6. The number of hydrogen-bond donors (Lipinski definition) is 2. The van der Waals surface area contributed by atoms with E-state index in [9.17, 15) is 13.2 Å². The average molecular weight is 397 g/mol. The molecule has 2 aromatic carbocycles. The Morgan fingerprint density at radius 3 is 2.38 bits per heavy atom. The lowest BCUT2D eigenvalue weighted by Gasteiger charge is -2.13. The summed E-state index contributed by atoms with van der Waals surface area (Å²) in [4.78, 5) is 12.2. The molecule has 0 saturated heterocycles. The number of aryl methyl sites for hydroxylation is 3. The zero-order valence-corrected chi connectivity index (χ0v) is 16.6. The molecule has 0 radical (unpaired) electrons. The van der Waals surface area contributed by atoms with Crippen molar-refractivity contribution in [2.75, 3.05) is 19.0 Å². The Bertz CT molecular complexity index is 942. The molecule has 1 amide bonds. The molecule has 0 bridgehead atoms. The van der Waals surface area contributed by atoms with E-state index in [2.05, 4.69) is 10.0 Å². The summed E-state index contributed by atoms with van der Waals surface area (Å²) >= 11 is 6.01. The molecule has 0 spiro atoms. The summed E-state index contributed by atoms with van der Waals surface area (Å²) in [6.45, 7) is 4.88. The number of amides is 1. The van der Waals surface area contributed by atoms with Gasteiger partial charge in [-0.05, 0) is 61.7 Å². The minimum atomic E-state index is -3.83. The highest BCUT2D eigenvalue weighted by atomic mass is 35.5. The van der Waals surface area contributed by atoms with Crippen LogP contribution in [0.25, 0.3) is 0 Å². The van der Waals surface area contributed by atoms with Crippen molar-refractivity contribution in [2.24, 2.45) is 0 Å². The third-order valence-electron chi connectivity index (χ3n) is 3.86. The van der Waals surface area contributed by atoms with Crippen molar-refractivity contribution in [3.63, 3.8) is 0 Å². The number of benzene rings is 2. The number of anilines is 1. The summed E-state index contributed by atoms with van der Waals surface area (Å²) in [6.07, 6.45) is 0. The van der Waals surface area contributed by atoms with E-state index < -0.39 is 22.5 Å². The number of sulfonamides is 1. The molecule has 140 valence electrons. The highest BCUT2D eigenvalue weighted by Gasteiger charge is 2.19. The molecule has 26 heavy (non-hydrogen) atoms. The van der Waals surface area contributed by atoms with Crippen molar-refractivity contribution in [3.8, 4) is 5.75 Å². The second-order valence-electron chi connectivity index (χ2n) is 5.92. The molecule has 6 nitrogen and oxygen atoms in total. The van der Waals surface area contributed by atoms with Gasteiger partial charge in [0.25, 0.3) is 0 Å². The van der Waals surface area contributed by atoms with Gasteiger partial charge >= 0.3 is 0 Å². The van der Waals surface area contributed by atoms with Gasteiger partial charge in [-0.2, -0.15) is 0 Å². The van der Waals surface area contributed by atoms with Crippen LogP contribution in [0.4, 0.5) is 5.69 Å². The minimum absolute atomic E-state index is 0.113. The molecule has 2 N–H and O–H groups in total. The van der Waals surface area contributed by atoms with Crippen molar-refractivity contribution in [1.82, 2.24) is 4.72 Å². The Labute approximate surface area is 158 Å². The molecule has 2 aromatic rings. The second kappa shape index (κ2) is 8.07. The highest BCUT2D eigenvalue weighted by molar-refractivity contribution is 7.89. The van der Waals surface area contributed by atoms with Gasteiger partial charge < -0.3 is 10.1 Å². The molecule has 0 aliphatic heterocycles. The van der Waals surface area contributed by atoms with Gasteiger partial charge in [0.15, 0.2) is 0 Å². The van der Waals surface area contributed by atoms with Crippen LogP contribution in [0.3, 0.4) is 0 Å². The molecule has 0 aromatic heterocycles. The number of methoxy groups -OCH3 is 1. The Hall–Kier alpha value is -2.09. The third kappa shape index (κ3) is 4.75. The maximum absolute atomic E-state index is 12.5. The number of carbonyl (C=O) groups is 1. The van der Waals surface area contributed by atoms with Crippen molar-refractivity contribution in [1.29, 1.82) is 0 Å². The predicted octanol–water partition coefficient (Wildman–Crippen LogP) is 3.19. The molecular formula is C18H21ClN2O4S. The molecule has 0 atom stereocenters. The topological polar surface area (TPSA) is 84.5 Å². The lowest BCUT2D eigenvalue weighted by molar-refractivity contribution is -0.115. The smallest absolute Gasteiger partial charge is 0.241 e.